The largest absolute Gasteiger partial charge is 0.337 e. The first-order valence-corrected chi connectivity index (χ1v) is 7.44. The van der Waals surface area contributed by atoms with E-state index < -0.39 is 17.2 Å². The normalized spacial score (nSPS) is 21.4. The number of hydrogen-bond acceptors (Lipinski definition) is 3. The standard InChI is InChI=1S/C14H14F2N2OS/c15-11-2-3-12(16)10(7-11)1-4-13(19)18-14(8-17)5-6-20-9-14/h2-3,7H,1,4-6,9H2,(H,18,19)/t14-/m1/s1. The van der Waals surface area contributed by atoms with E-state index in [4.69, 9.17) is 5.26 Å². The fraction of sp³-hybridized carbons (Fsp3) is 0.429. The van der Waals surface area contributed by atoms with Crippen molar-refractivity contribution in [1.82, 2.24) is 5.32 Å². The van der Waals surface area contributed by atoms with Crippen LogP contribution in [-0.2, 0) is 11.2 Å². The zero-order chi connectivity index (χ0) is 14.6. The van der Waals surface area contributed by atoms with Gasteiger partial charge >= 0.3 is 0 Å². The van der Waals surface area contributed by atoms with Crippen LogP contribution in [0.15, 0.2) is 18.2 Å². The van der Waals surface area contributed by atoms with E-state index in [1.165, 1.54) is 0 Å². The quantitative estimate of drug-likeness (QED) is 0.928. The number of amides is 1. The van der Waals surface area contributed by atoms with Crippen LogP contribution in [0.4, 0.5) is 8.78 Å². The van der Waals surface area contributed by atoms with Gasteiger partial charge in [-0.05, 0) is 42.4 Å². The minimum absolute atomic E-state index is 0.0362. The second-order valence-electron chi connectivity index (χ2n) is 4.78. The minimum Gasteiger partial charge on any atom is -0.337 e. The van der Waals surface area contributed by atoms with Gasteiger partial charge < -0.3 is 5.32 Å². The summed E-state index contributed by atoms with van der Waals surface area (Å²) >= 11 is 1.62. The summed E-state index contributed by atoms with van der Waals surface area (Å²) in [6.45, 7) is 0. The maximum Gasteiger partial charge on any atom is 0.221 e. The molecule has 0 spiro atoms. The molecule has 20 heavy (non-hydrogen) atoms. The van der Waals surface area contributed by atoms with Crippen LogP contribution in [0.3, 0.4) is 0 Å². The summed E-state index contributed by atoms with van der Waals surface area (Å²) in [6.07, 6.45) is 0.771. The van der Waals surface area contributed by atoms with E-state index in [2.05, 4.69) is 11.4 Å². The monoisotopic (exact) mass is 296 g/mol. The van der Waals surface area contributed by atoms with Gasteiger partial charge in [0.1, 0.15) is 17.2 Å². The van der Waals surface area contributed by atoms with Gasteiger partial charge in [0.15, 0.2) is 0 Å². The molecular weight excluding hydrogens is 282 g/mol. The molecule has 0 bridgehead atoms. The molecule has 0 unspecified atom stereocenters. The van der Waals surface area contributed by atoms with Gasteiger partial charge in [-0.1, -0.05) is 0 Å². The van der Waals surface area contributed by atoms with Crippen molar-refractivity contribution < 1.29 is 13.6 Å². The second kappa shape index (κ2) is 6.23. The Morgan fingerprint density at radius 3 is 2.95 bits per heavy atom. The zero-order valence-corrected chi connectivity index (χ0v) is 11.6. The van der Waals surface area contributed by atoms with Crippen LogP contribution in [0, 0.1) is 23.0 Å². The van der Waals surface area contributed by atoms with Gasteiger partial charge in [-0.3, -0.25) is 4.79 Å². The molecule has 106 valence electrons. The Kier molecular flexibility index (Phi) is 4.61. The first-order valence-electron chi connectivity index (χ1n) is 6.29. The first-order chi connectivity index (χ1) is 9.54. The van der Waals surface area contributed by atoms with Crippen molar-refractivity contribution in [2.24, 2.45) is 0 Å². The Hall–Kier alpha value is -1.61. The number of thioether (sulfide) groups is 1. The molecule has 0 aromatic heterocycles. The van der Waals surface area contributed by atoms with Gasteiger partial charge in [0.2, 0.25) is 5.91 Å². The number of benzene rings is 1. The molecule has 0 radical (unpaired) electrons. The molecule has 1 aliphatic rings. The summed E-state index contributed by atoms with van der Waals surface area (Å²) in [7, 11) is 0. The zero-order valence-electron chi connectivity index (χ0n) is 10.8. The molecule has 6 heteroatoms. The highest BCUT2D eigenvalue weighted by Gasteiger charge is 2.35. The average molecular weight is 296 g/mol. The maximum atomic E-state index is 13.4. The van der Waals surface area contributed by atoms with Crippen molar-refractivity contribution in [3.8, 4) is 6.07 Å². The highest BCUT2D eigenvalue weighted by molar-refractivity contribution is 7.99. The smallest absolute Gasteiger partial charge is 0.221 e. The number of nitriles is 1. The molecule has 1 aliphatic heterocycles. The van der Waals surface area contributed by atoms with Crippen LogP contribution in [0.25, 0.3) is 0 Å². The van der Waals surface area contributed by atoms with E-state index in [1.54, 1.807) is 11.8 Å². The van der Waals surface area contributed by atoms with Crippen LogP contribution >= 0.6 is 11.8 Å². The van der Waals surface area contributed by atoms with Crippen LogP contribution in [-0.4, -0.2) is 23.0 Å². The van der Waals surface area contributed by atoms with Crippen molar-refractivity contribution in [2.45, 2.75) is 24.8 Å². The third-order valence-electron chi connectivity index (χ3n) is 3.24. The molecule has 1 fully saturated rings. The summed E-state index contributed by atoms with van der Waals surface area (Å²) < 4.78 is 26.4. The molecule has 1 N–H and O–H groups in total. The Balaban J connectivity index is 1.92. The van der Waals surface area contributed by atoms with Crippen LogP contribution in [0.1, 0.15) is 18.4 Å². The topological polar surface area (TPSA) is 52.9 Å². The number of carbonyl (C=O) groups is 1. The number of nitrogens with one attached hydrogen (secondary N) is 1. The molecule has 0 saturated carbocycles. The molecule has 1 saturated heterocycles. The van der Waals surface area contributed by atoms with Gasteiger partial charge in [0.05, 0.1) is 6.07 Å². The molecule has 2 rings (SSSR count). The predicted octanol–water partition coefficient (Wildman–Crippen LogP) is 2.41. The van der Waals surface area contributed by atoms with Crippen molar-refractivity contribution >= 4 is 17.7 Å². The fourth-order valence-corrected chi connectivity index (χ4v) is 3.36. The Morgan fingerprint density at radius 2 is 2.30 bits per heavy atom. The first kappa shape index (κ1) is 14.8. The summed E-state index contributed by atoms with van der Waals surface area (Å²) in [5.41, 5.74) is -0.630. The summed E-state index contributed by atoms with van der Waals surface area (Å²) in [5.74, 6) is 0.0569. The van der Waals surface area contributed by atoms with Gasteiger partial charge in [0.25, 0.3) is 0 Å². The average Bonchev–Trinajstić information content (AvgIpc) is 2.89. The van der Waals surface area contributed by atoms with E-state index in [9.17, 15) is 13.6 Å². The van der Waals surface area contributed by atoms with Crippen molar-refractivity contribution in [3.63, 3.8) is 0 Å². The summed E-state index contributed by atoms with van der Waals surface area (Å²) in [4.78, 5) is 11.8. The fourth-order valence-electron chi connectivity index (χ4n) is 2.09. The van der Waals surface area contributed by atoms with Crippen LogP contribution in [0.2, 0.25) is 0 Å². The van der Waals surface area contributed by atoms with E-state index in [-0.39, 0.29) is 24.3 Å². The lowest BCUT2D eigenvalue weighted by Crippen LogP contribution is -2.47. The molecule has 1 aromatic rings. The van der Waals surface area contributed by atoms with Gasteiger partial charge in [0, 0.05) is 12.2 Å². The molecule has 1 atom stereocenters. The number of carbonyl (C=O) groups excluding carboxylic acids is 1. The third kappa shape index (κ3) is 3.48. The van der Waals surface area contributed by atoms with Gasteiger partial charge in [-0.2, -0.15) is 17.0 Å². The van der Waals surface area contributed by atoms with E-state index in [0.29, 0.717) is 12.2 Å². The van der Waals surface area contributed by atoms with Crippen LogP contribution in [0.5, 0.6) is 0 Å². The van der Waals surface area contributed by atoms with E-state index in [0.717, 1.165) is 24.0 Å². The number of aryl methyl sites for hydroxylation is 1. The highest BCUT2D eigenvalue weighted by atomic mass is 32.2. The molecule has 1 aromatic carbocycles. The predicted molar refractivity (Wildman–Crippen MR) is 73.1 cm³/mol. The highest BCUT2D eigenvalue weighted by Crippen LogP contribution is 2.27. The Morgan fingerprint density at radius 1 is 1.50 bits per heavy atom. The van der Waals surface area contributed by atoms with E-state index in [1.807, 2.05) is 0 Å². The van der Waals surface area contributed by atoms with Crippen LogP contribution < -0.4 is 5.32 Å². The SMILES string of the molecule is N#C[C@]1(NC(=O)CCc2cc(F)ccc2F)CCSC1. The lowest BCUT2D eigenvalue weighted by molar-refractivity contribution is -0.122. The third-order valence-corrected chi connectivity index (χ3v) is 4.43. The number of hydrogen-bond donors (Lipinski definition) is 1. The summed E-state index contributed by atoms with van der Waals surface area (Å²) in [5, 5.41) is 11.9. The molecule has 1 heterocycles. The van der Waals surface area contributed by atoms with Crippen molar-refractivity contribution in [2.75, 3.05) is 11.5 Å². The molecule has 1 amide bonds. The van der Waals surface area contributed by atoms with Gasteiger partial charge in [-0.25, -0.2) is 8.78 Å². The second-order valence-corrected chi connectivity index (χ2v) is 5.89. The van der Waals surface area contributed by atoms with E-state index >= 15 is 0 Å². The minimum atomic E-state index is -0.803. The number of halogens is 2. The Labute approximate surface area is 120 Å². The molecule has 3 nitrogen and oxygen atoms in total. The number of nitrogens with zero attached hydrogens (tertiary/aromatic N) is 1. The number of rotatable bonds is 4. The van der Waals surface area contributed by atoms with Crippen molar-refractivity contribution in [3.05, 3.63) is 35.4 Å². The molecule has 0 aliphatic carbocycles. The Bertz CT molecular complexity index is 551. The van der Waals surface area contributed by atoms with Gasteiger partial charge in [-0.15, -0.1) is 0 Å². The molecular formula is C14H14F2N2OS. The maximum absolute atomic E-state index is 13.4. The lowest BCUT2D eigenvalue weighted by atomic mass is 10.0. The van der Waals surface area contributed by atoms with Crippen molar-refractivity contribution in [1.29, 1.82) is 5.26 Å². The summed E-state index contributed by atoms with van der Waals surface area (Å²) in [6, 6.07) is 5.32. The lowest BCUT2D eigenvalue weighted by Gasteiger charge is -2.21.